The molecule has 1 saturated heterocycles. The van der Waals surface area contributed by atoms with E-state index in [9.17, 15) is 0 Å². The van der Waals surface area contributed by atoms with E-state index in [4.69, 9.17) is 4.99 Å². The van der Waals surface area contributed by atoms with Crippen molar-refractivity contribution in [2.45, 2.75) is 53.1 Å². The summed E-state index contributed by atoms with van der Waals surface area (Å²) in [4.78, 5) is 13.1. The van der Waals surface area contributed by atoms with Gasteiger partial charge in [-0.15, -0.1) is 35.3 Å². The molecule has 1 aromatic heterocycles. The van der Waals surface area contributed by atoms with Crippen LogP contribution in [0.5, 0.6) is 0 Å². The van der Waals surface area contributed by atoms with Crippen molar-refractivity contribution in [2.24, 2.45) is 4.99 Å². The average Bonchev–Trinajstić information content (AvgIpc) is 3.30. The Labute approximate surface area is 196 Å². The third-order valence-corrected chi connectivity index (χ3v) is 6.17. The number of guanidine groups is 1. The van der Waals surface area contributed by atoms with Crippen LogP contribution in [0, 0.1) is 13.8 Å². The summed E-state index contributed by atoms with van der Waals surface area (Å²) in [5.74, 6) is 0.877. The Morgan fingerprint density at radius 3 is 2.41 bits per heavy atom. The molecule has 0 radical (unpaired) electrons. The lowest BCUT2D eigenvalue weighted by Gasteiger charge is -2.14. The Bertz CT molecular complexity index is 766. The first-order chi connectivity index (χ1) is 13.6. The van der Waals surface area contributed by atoms with Crippen molar-refractivity contribution < 1.29 is 0 Å². The number of nitrogens with one attached hydrogen (secondary N) is 2. The molecule has 2 N–H and O–H groups in total. The molecule has 0 aliphatic carbocycles. The molecule has 160 valence electrons. The summed E-state index contributed by atoms with van der Waals surface area (Å²) in [5, 5.41) is 7.93. The van der Waals surface area contributed by atoms with Crippen LogP contribution < -0.4 is 10.6 Å². The molecule has 0 bridgehead atoms. The molecular weight excluding hydrogens is 493 g/mol. The lowest BCUT2D eigenvalue weighted by molar-refractivity contribution is 0.331. The fourth-order valence-electron chi connectivity index (χ4n) is 3.56. The van der Waals surface area contributed by atoms with Crippen molar-refractivity contribution in [1.29, 1.82) is 0 Å². The van der Waals surface area contributed by atoms with Crippen LogP contribution in [0.15, 0.2) is 29.3 Å². The zero-order chi connectivity index (χ0) is 19.8. The van der Waals surface area contributed by atoms with E-state index in [0.717, 1.165) is 42.7 Å². The fourth-order valence-corrected chi connectivity index (χ4v) is 4.50. The molecule has 2 aromatic rings. The second kappa shape index (κ2) is 12.5. The Kier molecular flexibility index (Phi) is 10.4. The van der Waals surface area contributed by atoms with Gasteiger partial charge in [0.25, 0.3) is 0 Å². The molecule has 0 unspecified atom stereocenters. The van der Waals surface area contributed by atoms with E-state index in [-0.39, 0.29) is 24.0 Å². The lowest BCUT2D eigenvalue weighted by atomic mass is 10.1. The number of aliphatic imine (C=N–C) groups is 1. The zero-order valence-electron chi connectivity index (χ0n) is 17.8. The van der Waals surface area contributed by atoms with Crippen molar-refractivity contribution in [1.82, 2.24) is 20.5 Å². The molecule has 29 heavy (non-hydrogen) atoms. The molecule has 1 aliphatic rings. The smallest absolute Gasteiger partial charge is 0.191 e. The highest BCUT2D eigenvalue weighted by atomic mass is 127. The number of aromatic nitrogens is 1. The van der Waals surface area contributed by atoms with Crippen molar-refractivity contribution in [3.05, 3.63) is 51.0 Å². The van der Waals surface area contributed by atoms with Gasteiger partial charge in [-0.2, -0.15) is 0 Å². The van der Waals surface area contributed by atoms with E-state index in [0.29, 0.717) is 6.54 Å². The summed E-state index contributed by atoms with van der Waals surface area (Å²) in [5.41, 5.74) is 3.80. The second-order valence-corrected chi connectivity index (χ2v) is 8.70. The predicted octanol–water partition coefficient (Wildman–Crippen LogP) is 4.27. The number of rotatable bonds is 8. The molecule has 0 atom stereocenters. The number of nitrogens with zero attached hydrogens (tertiary/aromatic N) is 3. The van der Waals surface area contributed by atoms with E-state index in [1.807, 2.05) is 0 Å². The third-order valence-electron chi connectivity index (χ3n) is 5.04. The number of aryl methyl sites for hydroxylation is 2. The Hall–Kier alpha value is -1.19. The highest BCUT2D eigenvalue weighted by Crippen LogP contribution is 2.17. The van der Waals surface area contributed by atoms with Crippen LogP contribution in [0.3, 0.4) is 0 Å². The maximum atomic E-state index is 4.75. The summed E-state index contributed by atoms with van der Waals surface area (Å²) in [6.45, 7) is 12.2. The molecule has 7 heteroatoms. The van der Waals surface area contributed by atoms with E-state index >= 15 is 0 Å². The third kappa shape index (κ3) is 7.86. The van der Waals surface area contributed by atoms with Crippen LogP contribution in [-0.4, -0.2) is 42.0 Å². The van der Waals surface area contributed by atoms with Gasteiger partial charge in [-0.05, 0) is 57.8 Å². The van der Waals surface area contributed by atoms with Crippen LogP contribution >= 0.6 is 35.3 Å². The minimum atomic E-state index is 0. The Balaban J connectivity index is 0.00000300. The van der Waals surface area contributed by atoms with Gasteiger partial charge in [-0.3, -0.25) is 4.90 Å². The van der Waals surface area contributed by atoms with Crippen LogP contribution in [0.1, 0.15) is 46.5 Å². The van der Waals surface area contributed by atoms with Crippen LogP contribution in [0.2, 0.25) is 0 Å². The van der Waals surface area contributed by atoms with Gasteiger partial charge >= 0.3 is 0 Å². The van der Waals surface area contributed by atoms with Gasteiger partial charge < -0.3 is 10.6 Å². The minimum Gasteiger partial charge on any atom is -0.357 e. The predicted molar refractivity (Wildman–Crippen MR) is 134 cm³/mol. The van der Waals surface area contributed by atoms with Crippen molar-refractivity contribution >= 4 is 41.3 Å². The molecule has 3 rings (SSSR count). The second-order valence-electron chi connectivity index (χ2n) is 7.41. The molecule has 0 saturated carbocycles. The normalized spacial score (nSPS) is 14.7. The largest absolute Gasteiger partial charge is 0.357 e. The first-order valence-electron chi connectivity index (χ1n) is 10.4. The van der Waals surface area contributed by atoms with Gasteiger partial charge in [-0.1, -0.05) is 24.3 Å². The van der Waals surface area contributed by atoms with Crippen LogP contribution in [-0.2, 0) is 19.5 Å². The van der Waals surface area contributed by atoms with Gasteiger partial charge in [0.2, 0.25) is 0 Å². The fraction of sp³-hybridized carbons (Fsp3) is 0.545. The number of hydrogen-bond acceptors (Lipinski definition) is 4. The number of thiazole rings is 1. The molecule has 2 heterocycles. The SMILES string of the molecule is CCNC(=NCc1ccc(CN2CCCC2)cc1)NCCc1sc(C)nc1C.I. The van der Waals surface area contributed by atoms with Gasteiger partial charge in [0.15, 0.2) is 5.96 Å². The molecule has 0 amide bonds. The Morgan fingerprint density at radius 1 is 1.10 bits per heavy atom. The first-order valence-corrected chi connectivity index (χ1v) is 11.2. The summed E-state index contributed by atoms with van der Waals surface area (Å²) >= 11 is 1.79. The van der Waals surface area contributed by atoms with E-state index < -0.39 is 0 Å². The first kappa shape index (κ1) is 24.1. The Morgan fingerprint density at radius 2 is 1.79 bits per heavy atom. The number of halogens is 1. The maximum absolute atomic E-state index is 4.75. The van der Waals surface area contributed by atoms with E-state index in [1.165, 1.54) is 41.9 Å². The number of hydrogen-bond donors (Lipinski definition) is 2. The topological polar surface area (TPSA) is 52.6 Å². The summed E-state index contributed by atoms with van der Waals surface area (Å²) in [6.07, 6.45) is 3.66. The van der Waals surface area contributed by atoms with E-state index in [1.54, 1.807) is 11.3 Å². The summed E-state index contributed by atoms with van der Waals surface area (Å²) in [6, 6.07) is 8.92. The van der Waals surface area contributed by atoms with Crippen molar-refractivity contribution in [3.63, 3.8) is 0 Å². The molecule has 0 spiro atoms. The molecule has 1 fully saturated rings. The van der Waals surface area contributed by atoms with Crippen LogP contribution in [0.4, 0.5) is 0 Å². The summed E-state index contributed by atoms with van der Waals surface area (Å²) in [7, 11) is 0. The van der Waals surface area contributed by atoms with Gasteiger partial charge in [-0.25, -0.2) is 9.98 Å². The van der Waals surface area contributed by atoms with Crippen molar-refractivity contribution in [2.75, 3.05) is 26.2 Å². The maximum Gasteiger partial charge on any atom is 0.191 e. The minimum absolute atomic E-state index is 0. The lowest BCUT2D eigenvalue weighted by Crippen LogP contribution is -2.38. The highest BCUT2D eigenvalue weighted by molar-refractivity contribution is 14.0. The zero-order valence-corrected chi connectivity index (χ0v) is 21.0. The summed E-state index contributed by atoms with van der Waals surface area (Å²) < 4.78 is 0. The van der Waals surface area contributed by atoms with Gasteiger partial charge in [0, 0.05) is 30.9 Å². The molecule has 1 aliphatic heterocycles. The van der Waals surface area contributed by atoms with Crippen molar-refractivity contribution in [3.8, 4) is 0 Å². The molecule has 1 aromatic carbocycles. The quantitative estimate of drug-likeness (QED) is 0.306. The standard InChI is InChI=1S/C22H33N5S.HI/c1-4-23-22(24-12-11-21-17(2)26-18(3)28-21)25-15-19-7-9-20(10-8-19)16-27-13-5-6-14-27;/h7-10H,4-6,11-16H2,1-3H3,(H2,23,24,25);1H. The van der Waals surface area contributed by atoms with Gasteiger partial charge in [0.1, 0.15) is 0 Å². The average molecular weight is 528 g/mol. The molecular formula is C22H34IN5S. The monoisotopic (exact) mass is 527 g/mol. The highest BCUT2D eigenvalue weighted by Gasteiger charge is 2.11. The number of likely N-dealkylation sites (tertiary alicyclic amines) is 1. The van der Waals surface area contributed by atoms with Crippen LogP contribution in [0.25, 0.3) is 0 Å². The van der Waals surface area contributed by atoms with E-state index in [2.05, 4.69) is 65.6 Å². The van der Waals surface area contributed by atoms with Gasteiger partial charge in [0.05, 0.1) is 17.2 Å². The number of benzene rings is 1. The molecule has 5 nitrogen and oxygen atoms in total.